The van der Waals surface area contributed by atoms with Gasteiger partial charge in [-0.3, -0.25) is 9.59 Å². The van der Waals surface area contributed by atoms with Crippen molar-refractivity contribution in [2.75, 3.05) is 12.4 Å². The van der Waals surface area contributed by atoms with Crippen LogP contribution in [-0.2, 0) is 16.1 Å². The molecule has 32 heavy (non-hydrogen) atoms. The van der Waals surface area contributed by atoms with E-state index < -0.39 is 11.8 Å². The van der Waals surface area contributed by atoms with E-state index in [1.54, 1.807) is 25.3 Å². The van der Waals surface area contributed by atoms with E-state index in [2.05, 4.69) is 21.2 Å². The second-order valence-corrected chi connectivity index (χ2v) is 6.87. The molecule has 0 fully saturated rings. The Labute approximate surface area is 185 Å². The van der Waals surface area contributed by atoms with Gasteiger partial charge in [0, 0.05) is 17.8 Å². The van der Waals surface area contributed by atoms with Crippen LogP contribution < -0.4 is 20.8 Å². The van der Waals surface area contributed by atoms with Gasteiger partial charge in [-0.05, 0) is 42.3 Å². The number of anilines is 2. The minimum Gasteiger partial charge on any atom is -0.495 e. The normalized spacial score (nSPS) is 10.6. The van der Waals surface area contributed by atoms with Gasteiger partial charge in [-0.2, -0.15) is 5.10 Å². The molecule has 0 atom stereocenters. The summed E-state index contributed by atoms with van der Waals surface area (Å²) in [6.07, 6.45) is 1.42. The van der Waals surface area contributed by atoms with Crippen LogP contribution in [0.3, 0.4) is 0 Å². The first-order valence-electron chi connectivity index (χ1n) is 9.83. The molecule has 3 N–H and O–H groups in total. The average molecular weight is 434 g/mol. The third-order valence-corrected chi connectivity index (χ3v) is 4.63. The number of nitrogens with one attached hydrogen (secondary N) is 3. The number of ether oxygens (including phenoxy) is 1. The number of para-hydroxylation sites is 2. The molecule has 164 valence electrons. The van der Waals surface area contributed by atoms with Crippen molar-refractivity contribution < 1.29 is 18.7 Å². The monoisotopic (exact) mass is 434 g/mol. The standard InChI is InChI=1S/C24H23FN4O3/c1-16-6-3-4-8-20(16)28-22-18(7-5-9-21(22)32-2)15-27-29-24(31)23(30)26-14-17-10-12-19(25)13-11-17/h3-13,15,28H,14H2,1-2H3,(H,26,30)(H,29,31)/b27-15-. The molecule has 3 aromatic rings. The minimum absolute atomic E-state index is 0.0939. The summed E-state index contributed by atoms with van der Waals surface area (Å²) in [4.78, 5) is 24.0. The summed E-state index contributed by atoms with van der Waals surface area (Å²) in [5.74, 6) is -1.54. The van der Waals surface area contributed by atoms with Gasteiger partial charge in [0.1, 0.15) is 11.6 Å². The summed E-state index contributed by atoms with van der Waals surface area (Å²) in [7, 11) is 1.56. The summed E-state index contributed by atoms with van der Waals surface area (Å²) < 4.78 is 18.4. The number of nitrogens with zero attached hydrogens (tertiary/aromatic N) is 1. The zero-order valence-corrected chi connectivity index (χ0v) is 17.7. The van der Waals surface area contributed by atoms with Crippen LogP contribution >= 0.6 is 0 Å². The van der Waals surface area contributed by atoms with Crippen molar-refractivity contribution >= 4 is 29.4 Å². The highest BCUT2D eigenvalue weighted by atomic mass is 19.1. The molecule has 3 rings (SSSR count). The quantitative estimate of drug-likeness (QED) is 0.301. The average Bonchev–Trinajstić information content (AvgIpc) is 2.80. The number of amides is 2. The van der Waals surface area contributed by atoms with E-state index in [1.807, 2.05) is 31.2 Å². The number of hydrazone groups is 1. The highest BCUT2D eigenvalue weighted by molar-refractivity contribution is 6.35. The van der Waals surface area contributed by atoms with Gasteiger partial charge >= 0.3 is 11.8 Å². The molecule has 0 spiro atoms. The largest absolute Gasteiger partial charge is 0.495 e. The second-order valence-electron chi connectivity index (χ2n) is 6.87. The fraction of sp³-hybridized carbons (Fsp3) is 0.125. The molecule has 3 aromatic carbocycles. The number of benzene rings is 3. The molecule has 8 heteroatoms. The zero-order chi connectivity index (χ0) is 22.9. The second kappa shape index (κ2) is 10.7. The number of aryl methyl sites for hydroxylation is 1. The molecule has 0 heterocycles. The summed E-state index contributed by atoms with van der Waals surface area (Å²) in [6, 6.07) is 18.8. The zero-order valence-electron chi connectivity index (χ0n) is 17.7. The molecule has 7 nitrogen and oxygen atoms in total. The van der Waals surface area contributed by atoms with Crippen molar-refractivity contribution in [2.45, 2.75) is 13.5 Å². The summed E-state index contributed by atoms with van der Waals surface area (Å²) in [5.41, 5.74) is 6.14. The van der Waals surface area contributed by atoms with E-state index in [0.717, 1.165) is 11.3 Å². The van der Waals surface area contributed by atoms with E-state index in [9.17, 15) is 14.0 Å². The highest BCUT2D eigenvalue weighted by Crippen LogP contribution is 2.31. The van der Waals surface area contributed by atoms with Crippen LogP contribution in [0.25, 0.3) is 0 Å². The number of carbonyl (C=O) groups is 2. The SMILES string of the molecule is COc1cccc(/C=N\NC(=O)C(=O)NCc2ccc(F)cc2)c1Nc1ccccc1C. The topological polar surface area (TPSA) is 91.8 Å². The molecule has 0 radical (unpaired) electrons. The van der Waals surface area contributed by atoms with Crippen LogP contribution in [0.1, 0.15) is 16.7 Å². The lowest BCUT2D eigenvalue weighted by molar-refractivity contribution is -0.139. The fourth-order valence-electron chi connectivity index (χ4n) is 2.88. The lowest BCUT2D eigenvalue weighted by Crippen LogP contribution is -2.37. The summed E-state index contributed by atoms with van der Waals surface area (Å²) in [5, 5.41) is 9.68. The Balaban J connectivity index is 1.65. The van der Waals surface area contributed by atoms with Crippen molar-refractivity contribution in [2.24, 2.45) is 5.10 Å². The van der Waals surface area contributed by atoms with E-state index in [4.69, 9.17) is 4.74 Å². The van der Waals surface area contributed by atoms with Crippen molar-refractivity contribution in [3.8, 4) is 5.75 Å². The van der Waals surface area contributed by atoms with Crippen LogP contribution in [0.4, 0.5) is 15.8 Å². The van der Waals surface area contributed by atoms with Gasteiger partial charge in [0.05, 0.1) is 19.0 Å². The maximum Gasteiger partial charge on any atom is 0.329 e. The molecular formula is C24H23FN4O3. The Kier molecular flexibility index (Phi) is 7.53. The molecule has 0 unspecified atom stereocenters. The number of hydrogen-bond donors (Lipinski definition) is 3. The molecule has 0 aromatic heterocycles. The Morgan fingerprint density at radius 3 is 2.47 bits per heavy atom. The Bertz CT molecular complexity index is 1130. The van der Waals surface area contributed by atoms with Gasteiger partial charge in [-0.25, -0.2) is 9.82 Å². The summed E-state index contributed by atoms with van der Waals surface area (Å²) >= 11 is 0. The van der Waals surface area contributed by atoms with Gasteiger partial charge in [0.2, 0.25) is 0 Å². The third kappa shape index (κ3) is 5.91. The van der Waals surface area contributed by atoms with Crippen molar-refractivity contribution in [1.82, 2.24) is 10.7 Å². The van der Waals surface area contributed by atoms with E-state index in [0.29, 0.717) is 22.6 Å². The van der Waals surface area contributed by atoms with Crippen LogP contribution in [-0.4, -0.2) is 25.1 Å². The lowest BCUT2D eigenvalue weighted by atomic mass is 10.1. The van der Waals surface area contributed by atoms with Crippen molar-refractivity contribution in [3.05, 3.63) is 89.2 Å². The van der Waals surface area contributed by atoms with E-state index >= 15 is 0 Å². The Hall–Kier alpha value is -4.20. The van der Waals surface area contributed by atoms with Crippen LogP contribution in [0.15, 0.2) is 71.8 Å². The first kappa shape index (κ1) is 22.5. The number of hydrogen-bond acceptors (Lipinski definition) is 5. The minimum atomic E-state index is -0.917. The number of rotatable bonds is 7. The van der Waals surface area contributed by atoms with Crippen molar-refractivity contribution in [1.29, 1.82) is 0 Å². The van der Waals surface area contributed by atoms with Gasteiger partial charge in [0.25, 0.3) is 0 Å². The number of halogens is 1. The lowest BCUT2D eigenvalue weighted by Gasteiger charge is -2.15. The predicted octanol–water partition coefficient (Wildman–Crippen LogP) is 3.65. The van der Waals surface area contributed by atoms with Crippen LogP contribution in [0, 0.1) is 12.7 Å². The predicted molar refractivity (Wildman–Crippen MR) is 121 cm³/mol. The maximum absolute atomic E-state index is 12.9. The molecular weight excluding hydrogens is 411 g/mol. The van der Waals surface area contributed by atoms with Crippen LogP contribution in [0.5, 0.6) is 5.75 Å². The van der Waals surface area contributed by atoms with E-state index in [1.165, 1.54) is 30.5 Å². The van der Waals surface area contributed by atoms with E-state index in [-0.39, 0.29) is 12.4 Å². The molecule has 0 aliphatic heterocycles. The van der Waals surface area contributed by atoms with Gasteiger partial charge in [-0.15, -0.1) is 0 Å². The number of carbonyl (C=O) groups excluding carboxylic acids is 2. The third-order valence-electron chi connectivity index (χ3n) is 4.63. The molecule has 2 amide bonds. The molecule has 0 saturated carbocycles. The smallest absolute Gasteiger partial charge is 0.329 e. The first-order chi connectivity index (χ1) is 15.5. The summed E-state index contributed by atoms with van der Waals surface area (Å²) in [6.45, 7) is 2.08. The first-order valence-corrected chi connectivity index (χ1v) is 9.83. The highest BCUT2D eigenvalue weighted by Gasteiger charge is 2.13. The molecule has 0 bridgehead atoms. The Morgan fingerprint density at radius 1 is 1.00 bits per heavy atom. The van der Waals surface area contributed by atoms with Gasteiger partial charge < -0.3 is 15.4 Å². The molecule has 0 aliphatic carbocycles. The Morgan fingerprint density at radius 2 is 1.75 bits per heavy atom. The van der Waals surface area contributed by atoms with Gasteiger partial charge in [-0.1, -0.05) is 42.5 Å². The molecule has 0 aliphatic rings. The van der Waals surface area contributed by atoms with Gasteiger partial charge in [0.15, 0.2) is 0 Å². The number of methoxy groups -OCH3 is 1. The fourth-order valence-corrected chi connectivity index (χ4v) is 2.88. The maximum atomic E-state index is 12.9. The molecule has 0 saturated heterocycles. The van der Waals surface area contributed by atoms with Crippen molar-refractivity contribution in [3.63, 3.8) is 0 Å². The van der Waals surface area contributed by atoms with Crippen LogP contribution in [0.2, 0.25) is 0 Å².